The van der Waals surface area contributed by atoms with E-state index in [2.05, 4.69) is 52.7 Å². The summed E-state index contributed by atoms with van der Waals surface area (Å²) in [5.74, 6) is 0.272. The highest BCUT2D eigenvalue weighted by atomic mass is 32.2. The molecule has 0 aliphatic heterocycles. The molecule has 0 unspecified atom stereocenters. The molecule has 0 aromatic heterocycles. The maximum absolute atomic E-state index is 11.6. The molecular formula is C20H36NO5PS. The van der Waals surface area contributed by atoms with E-state index in [9.17, 15) is 9.36 Å². The average molecular weight is 434 g/mol. The Morgan fingerprint density at radius 2 is 1.57 bits per heavy atom. The second-order valence-corrected chi connectivity index (χ2v) is 8.56. The van der Waals surface area contributed by atoms with E-state index in [1.165, 1.54) is 12.8 Å². The number of carbonyl (C=O) groups is 1. The fourth-order valence-electron chi connectivity index (χ4n) is 2.33. The smallest absolute Gasteiger partial charge is 0.355 e. The van der Waals surface area contributed by atoms with Crippen LogP contribution in [-0.2, 0) is 13.3 Å². The van der Waals surface area contributed by atoms with Gasteiger partial charge >= 0.3 is 7.82 Å². The number of carbonyl (C=O) groups excluding carboxylic acids is 1. The quantitative estimate of drug-likeness (QED) is 0.115. The van der Waals surface area contributed by atoms with Crippen molar-refractivity contribution in [2.24, 2.45) is 0 Å². The number of amides is 1. The lowest BCUT2D eigenvalue weighted by atomic mass is 10.1. The number of rotatable bonds is 18. The SMILES string of the molecule is CCC=CCC=CCC=CCCCCCCCC(=O)NCCSOP(=O)(O)O. The monoisotopic (exact) mass is 433 g/mol. The highest BCUT2D eigenvalue weighted by Gasteiger charge is 2.13. The van der Waals surface area contributed by atoms with Crippen LogP contribution in [0.15, 0.2) is 36.5 Å². The normalized spacial score (nSPS) is 12.5. The third-order valence-corrected chi connectivity index (χ3v) is 5.28. The fourth-order valence-corrected chi connectivity index (χ4v) is 3.36. The third-order valence-electron chi connectivity index (χ3n) is 3.71. The first-order valence-electron chi connectivity index (χ1n) is 10.0. The molecule has 0 saturated carbocycles. The molecule has 0 heterocycles. The lowest BCUT2D eigenvalue weighted by Gasteiger charge is -2.06. The van der Waals surface area contributed by atoms with Gasteiger partial charge in [-0.05, 0) is 38.5 Å². The van der Waals surface area contributed by atoms with Crippen molar-refractivity contribution in [2.75, 3.05) is 12.3 Å². The van der Waals surface area contributed by atoms with Gasteiger partial charge < -0.3 is 15.1 Å². The molecule has 0 rings (SSSR count). The topological polar surface area (TPSA) is 95.9 Å². The molecule has 0 radical (unpaired) electrons. The summed E-state index contributed by atoms with van der Waals surface area (Å²) in [6, 6.07) is 0. The van der Waals surface area contributed by atoms with Crippen molar-refractivity contribution in [2.45, 2.75) is 71.1 Å². The van der Waals surface area contributed by atoms with Crippen LogP contribution in [0.4, 0.5) is 0 Å². The van der Waals surface area contributed by atoms with Crippen LogP contribution >= 0.6 is 19.9 Å². The Bertz CT molecular complexity index is 517. The maximum Gasteiger partial charge on any atom is 0.480 e. The predicted molar refractivity (Wildman–Crippen MR) is 118 cm³/mol. The molecule has 0 saturated heterocycles. The van der Waals surface area contributed by atoms with Crippen molar-refractivity contribution in [3.8, 4) is 0 Å². The van der Waals surface area contributed by atoms with Gasteiger partial charge in [-0.1, -0.05) is 62.6 Å². The van der Waals surface area contributed by atoms with E-state index in [-0.39, 0.29) is 5.91 Å². The van der Waals surface area contributed by atoms with Crippen molar-refractivity contribution in [1.82, 2.24) is 5.32 Å². The Kier molecular flexibility index (Phi) is 18.9. The summed E-state index contributed by atoms with van der Waals surface area (Å²) in [7, 11) is -4.43. The number of nitrogens with one attached hydrogen (secondary N) is 1. The Balaban J connectivity index is 3.36. The Labute approximate surface area is 174 Å². The summed E-state index contributed by atoms with van der Waals surface area (Å²) in [5.41, 5.74) is 0. The maximum atomic E-state index is 11.6. The second kappa shape index (κ2) is 19.5. The molecule has 28 heavy (non-hydrogen) atoms. The van der Waals surface area contributed by atoms with Crippen LogP contribution in [0.5, 0.6) is 0 Å². The Hall–Kier alpha value is -0.850. The van der Waals surface area contributed by atoms with Crippen molar-refractivity contribution in [1.29, 1.82) is 0 Å². The summed E-state index contributed by atoms with van der Waals surface area (Å²) in [5, 5.41) is 2.71. The summed E-state index contributed by atoms with van der Waals surface area (Å²) in [6.07, 6.45) is 23.3. The van der Waals surface area contributed by atoms with Gasteiger partial charge in [-0.3, -0.25) is 4.79 Å². The molecule has 8 heteroatoms. The molecule has 0 bridgehead atoms. The van der Waals surface area contributed by atoms with Crippen LogP contribution in [0, 0.1) is 0 Å². The molecule has 162 valence electrons. The van der Waals surface area contributed by atoms with Crippen molar-refractivity contribution in [3.63, 3.8) is 0 Å². The molecule has 3 N–H and O–H groups in total. The number of hydrogen-bond donors (Lipinski definition) is 3. The minimum Gasteiger partial charge on any atom is -0.355 e. The van der Waals surface area contributed by atoms with E-state index in [0.29, 0.717) is 30.8 Å². The van der Waals surface area contributed by atoms with E-state index in [4.69, 9.17) is 9.79 Å². The summed E-state index contributed by atoms with van der Waals surface area (Å²) < 4.78 is 14.7. The van der Waals surface area contributed by atoms with E-state index in [1.807, 2.05) is 0 Å². The van der Waals surface area contributed by atoms with E-state index in [0.717, 1.165) is 44.9 Å². The fraction of sp³-hybridized carbons (Fsp3) is 0.650. The second-order valence-electron chi connectivity index (χ2n) is 6.34. The van der Waals surface area contributed by atoms with E-state index < -0.39 is 7.82 Å². The van der Waals surface area contributed by atoms with E-state index >= 15 is 0 Å². The molecule has 0 aromatic carbocycles. The zero-order chi connectivity index (χ0) is 20.9. The van der Waals surface area contributed by atoms with Crippen LogP contribution in [0.2, 0.25) is 0 Å². The number of hydrogen-bond acceptors (Lipinski definition) is 4. The lowest BCUT2D eigenvalue weighted by Crippen LogP contribution is -2.25. The molecule has 0 fully saturated rings. The van der Waals surface area contributed by atoms with Gasteiger partial charge in [-0.2, -0.15) is 0 Å². The minimum absolute atomic E-state index is 0.0297. The molecule has 0 aliphatic rings. The summed E-state index contributed by atoms with van der Waals surface area (Å²) >= 11 is 0.662. The van der Waals surface area contributed by atoms with Crippen LogP contribution in [0.25, 0.3) is 0 Å². The van der Waals surface area contributed by atoms with Crippen LogP contribution in [0.1, 0.15) is 71.1 Å². The summed E-state index contributed by atoms with van der Waals surface area (Å²) in [6.45, 7) is 2.47. The molecule has 0 aromatic rings. The third kappa shape index (κ3) is 23.2. The van der Waals surface area contributed by atoms with Gasteiger partial charge in [0.2, 0.25) is 5.91 Å². The van der Waals surface area contributed by atoms with Crippen molar-refractivity contribution >= 4 is 25.8 Å². The van der Waals surface area contributed by atoms with Gasteiger partial charge in [0.25, 0.3) is 0 Å². The Morgan fingerprint density at radius 3 is 2.25 bits per heavy atom. The minimum atomic E-state index is -4.43. The van der Waals surface area contributed by atoms with Gasteiger partial charge in [0, 0.05) is 30.8 Å². The predicted octanol–water partition coefficient (Wildman–Crippen LogP) is 5.45. The first-order chi connectivity index (χ1) is 13.5. The van der Waals surface area contributed by atoms with Crippen molar-refractivity contribution < 1.29 is 23.1 Å². The molecular weight excluding hydrogens is 397 g/mol. The highest BCUT2D eigenvalue weighted by Crippen LogP contribution is 2.40. The van der Waals surface area contributed by atoms with Gasteiger partial charge in [0.15, 0.2) is 0 Å². The molecule has 0 atom stereocenters. The van der Waals surface area contributed by atoms with Crippen LogP contribution in [-0.4, -0.2) is 28.0 Å². The Morgan fingerprint density at radius 1 is 0.964 bits per heavy atom. The first-order valence-corrected chi connectivity index (χ1v) is 12.5. The van der Waals surface area contributed by atoms with Gasteiger partial charge in [0.1, 0.15) is 0 Å². The van der Waals surface area contributed by atoms with Crippen LogP contribution in [0.3, 0.4) is 0 Å². The van der Waals surface area contributed by atoms with Gasteiger partial charge in [-0.15, -0.1) is 0 Å². The molecule has 6 nitrogen and oxygen atoms in total. The van der Waals surface area contributed by atoms with Crippen molar-refractivity contribution in [3.05, 3.63) is 36.5 Å². The summed E-state index contributed by atoms with van der Waals surface area (Å²) in [4.78, 5) is 28.6. The number of allylic oxidation sites excluding steroid dienone is 6. The first kappa shape index (κ1) is 27.1. The van der Waals surface area contributed by atoms with Gasteiger partial charge in [0.05, 0.1) is 0 Å². The molecule has 0 aliphatic carbocycles. The van der Waals surface area contributed by atoms with E-state index in [1.54, 1.807) is 0 Å². The number of unbranched alkanes of at least 4 members (excludes halogenated alkanes) is 5. The highest BCUT2D eigenvalue weighted by molar-refractivity contribution is 7.97. The zero-order valence-electron chi connectivity index (χ0n) is 16.9. The van der Waals surface area contributed by atoms with Gasteiger partial charge in [-0.25, -0.2) is 8.54 Å². The molecule has 0 spiro atoms. The van der Waals surface area contributed by atoms with Crippen LogP contribution < -0.4 is 5.32 Å². The lowest BCUT2D eigenvalue weighted by molar-refractivity contribution is -0.121. The average Bonchev–Trinajstić information content (AvgIpc) is 2.63. The zero-order valence-corrected chi connectivity index (χ0v) is 18.6. The number of phosphoric acid groups is 1. The molecule has 1 amide bonds. The largest absolute Gasteiger partial charge is 0.480 e. The standard InChI is InChI=1S/C20H36NO5PS/c1-2-3-4-5-6-7-8-9-10-11-12-13-14-15-16-17-20(22)21-18-19-28-26-27(23,24)25/h3-4,6-7,9-10H,2,5,8,11-19H2,1H3,(H,21,22)(H2,23,24,25).